The zero-order valence-corrected chi connectivity index (χ0v) is 15.7. The van der Waals surface area contributed by atoms with E-state index in [1.165, 1.54) is 12.8 Å². The van der Waals surface area contributed by atoms with Gasteiger partial charge in [-0.1, -0.05) is 36.2 Å². The van der Waals surface area contributed by atoms with Crippen molar-refractivity contribution < 1.29 is 4.79 Å². The molecule has 1 amide bonds. The van der Waals surface area contributed by atoms with Crippen molar-refractivity contribution in [3.63, 3.8) is 0 Å². The predicted molar refractivity (Wildman–Crippen MR) is 99.5 cm³/mol. The number of hydrogen-bond acceptors (Lipinski definition) is 2. The monoisotopic (exact) mass is 368 g/mol. The SMILES string of the molecule is CC(CC(=O)N1CCCC1c1ccc(Cl)c(Cl)c1)C1CCCNC1. The maximum Gasteiger partial charge on any atom is 0.223 e. The number of piperidine rings is 1. The molecule has 2 aliphatic heterocycles. The third-order valence-electron chi connectivity index (χ3n) is 5.54. The molecule has 0 spiro atoms. The second kappa shape index (κ2) is 8.07. The molecule has 2 aliphatic rings. The van der Waals surface area contributed by atoms with Crippen molar-refractivity contribution in [3.05, 3.63) is 33.8 Å². The van der Waals surface area contributed by atoms with E-state index in [1.807, 2.05) is 23.1 Å². The van der Waals surface area contributed by atoms with E-state index in [9.17, 15) is 4.79 Å². The van der Waals surface area contributed by atoms with Crippen LogP contribution in [0.3, 0.4) is 0 Å². The fourth-order valence-corrected chi connectivity index (χ4v) is 4.36. The highest BCUT2D eigenvalue weighted by Gasteiger charge is 2.32. The Hall–Kier alpha value is -0.770. The molecule has 1 aromatic rings. The van der Waals surface area contributed by atoms with Crippen LogP contribution < -0.4 is 5.32 Å². The highest BCUT2D eigenvalue weighted by Crippen LogP contribution is 2.36. The lowest BCUT2D eigenvalue weighted by Gasteiger charge is -2.31. The first-order valence-corrected chi connectivity index (χ1v) is 9.77. The van der Waals surface area contributed by atoms with Crippen LogP contribution in [0.1, 0.15) is 50.6 Å². The molecule has 0 aromatic heterocycles. The van der Waals surface area contributed by atoms with Crippen molar-refractivity contribution in [1.82, 2.24) is 10.2 Å². The van der Waals surface area contributed by atoms with E-state index in [-0.39, 0.29) is 11.9 Å². The molecule has 132 valence electrons. The molecular weight excluding hydrogens is 343 g/mol. The normalized spacial score (nSPS) is 25.7. The second-order valence-electron chi connectivity index (χ2n) is 7.21. The number of hydrogen-bond donors (Lipinski definition) is 1. The van der Waals surface area contributed by atoms with Gasteiger partial charge < -0.3 is 10.2 Å². The van der Waals surface area contributed by atoms with E-state index < -0.39 is 0 Å². The number of nitrogens with one attached hydrogen (secondary N) is 1. The summed E-state index contributed by atoms with van der Waals surface area (Å²) < 4.78 is 0. The largest absolute Gasteiger partial charge is 0.336 e. The summed E-state index contributed by atoms with van der Waals surface area (Å²) >= 11 is 12.2. The van der Waals surface area contributed by atoms with E-state index >= 15 is 0 Å². The molecular formula is C19H26Cl2N2O. The fourth-order valence-electron chi connectivity index (χ4n) is 4.06. The highest BCUT2D eigenvalue weighted by molar-refractivity contribution is 6.42. The number of carbonyl (C=O) groups excluding carboxylic acids is 1. The summed E-state index contributed by atoms with van der Waals surface area (Å²) in [5, 5.41) is 4.58. The molecule has 3 unspecified atom stereocenters. The van der Waals surface area contributed by atoms with Crippen LogP contribution in [0.5, 0.6) is 0 Å². The quantitative estimate of drug-likeness (QED) is 0.836. The number of carbonyl (C=O) groups is 1. The molecule has 1 N–H and O–H groups in total. The summed E-state index contributed by atoms with van der Waals surface area (Å²) in [4.78, 5) is 14.9. The third-order valence-corrected chi connectivity index (χ3v) is 6.28. The molecule has 0 bridgehead atoms. The Morgan fingerprint density at radius 3 is 2.83 bits per heavy atom. The van der Waals surface area contributed by atoms with Crippen LogP contribution >= 0.6 is 23.2 Å². The minimum Gasteiger partial charge on any atom is -0.336 e. The molecule has 0 radical (unpaired) electrons. The van der Waals surface area contributed by atoms with Gasteiger partial charge in [0.25, 0.3) is 0 Å². The summed E-state index contributed by atoms with van der Waals surface area (Å²) in [7, 11) is 0. The number of amides is 1. The van der Waals surface area contributed by atoms with Crippen LogP contribution in [-0.2, 0) is 4.79 Å². The van der Waals surface area contributed by atoms with Crippen LogP contribution in [0, 0.1) is 11.8 Å². The van der Waals surface area contributed by atoms with Gasteiger partial charge in [-0.3, -0.25) is 4.79 Å². The molecule has 0 aliphatic carbocycles. The van der Waals surface area contributed by atoms with Crippen LogP contribution in [0.25, 0.3) is 0 Å². The molecule has 3 nitrogen and oxygen atoms in total. The van der Waals surface area contributed by atoms with E-state index in [0.717, 1.165) is 38.0 Å². The topological polar surface area (TPSA) is 32.3 Å². The van der Waals surface area contributed by atoms with Gasteiger partial charge in [-0.05, 0) is 68.3 Å². The number of halogens is 2. The van der Waals surface area contributed by atoms with E-state index in [1.54, 1.807) is 0 Å². The van der Waals surface area contributed by atoms with Gasteiger partial charge in [-0.2, -0.15) is 0 Å². The van der Waals surface area contributed by atoms with Crippen molar-refractivity contribution in [3.8, 4) is 0 Å². The summed E-state index contributed by atoms with van der Waals surface area (Å²) in [6, 6.07) is 5.88. The van der Waals surface area contributed by atoms with Crippen LogP contribution in [0.15, 0.2) is 18.2 Å². The van der Waals surface area contributed by atoms with Crippen LogP contribution in [-0.4, -0.2) is 30.4 Å². The number of nitrogens with zero attached hydrogens (tertiary/aromatic N) is 1. The predicted octanol–water partition coefficient (Wildman–Crippen LogP) is 4.68. The van der Waals surface area contributed by atoms with Crippen LogP contribution in [0.4, 0.5) is 0 Å². The van der Waals surface area contributed by atoms with Crippen molar-refractivity contribution >= 4 is 29.1 Å². The minimum absolute atomic E-state index is 0.143. The summed E-state index contributed by atoms with van der Waals surface area (Å²) in [6.07, 6.45) is 5.15. The zero-order chi connectivity index (χ0) is 17.1. The Balaban J connectivity index is 1.65. The van der Waals surface area contributed by atoms with Gasteiger partial charge in [0, 0.05) is 13.0 Å². The summed E-state index contributed by atoms with van der Waals surface area (Å²) in [6.45, 7) is 5.23. The Kier molecular flexibility index (Phi) is 6.07. The molecule has 3 rings (SSSR count). The van der Waals surface area contributed by atoms with Crippen molar-refractivity contribution in [2.75, 3.05) is 19.6 Å². The van der Waals surface area contributed by atoms with Gasteiger partial charge in [0.05, 0.1) is 16.1 Å². The Bertz CT molecular complexity index is 587. The lowest BCUT2D eigenvalue weighted by Crippen LogP contribution is -2.37. The summed E-state index contributed by atoms with van der Waals surface area (Å²) in [5.74, 6) is 1.33. The molecule has 1 aromatic carbocycles. The number of benzene rings is 1. The van der Waals surface area contributed by atoms with Gasteiger partial charge in [0.15, 0.2) is 0 Å². The molecule has 2 saturated heterocycles. The molecule has 24 heavy (non-hydrogen) atoms. The molecule has 0 saturated carbocycles. The average Bonchev–Trinajstić information content (AvgIpc) is 3.08. The Morgan fingerprint density at radius 2 is 2.12 bits per heavy atom. The second-order valence-corrected chi connectivity index (χ2v) is 8.02. The van der Waals surface area contributed by atoms with Gasteiger partial charge in [-0.15, -0.1) is 0 Å². The third kappa shape index (κ3) is 4.07. The van der Waals surface area contributed by atoms with Gasteiger partial charge >= 0.3 is 0 Å². The molecule has 2 fully saturated rings. The number of likely N-dealkylation sites (tertiary alicyclic amines) is 1. The smallest absolute Gasteiger partial charge is 0.223 e. The van der Waals surface area contributed by atoms with Crippen molar-refractivity contribution in [2.24, 2.45) is 11.8 Å². The zero-order valence-electron chi connectivity index (χ0n) is 14.2. The maximum atomic E-state index is 12.9. The summed E-state index contributed by atoms with van der Waals surface area (Å²) in [5.41, 5.74) is 1.10. The molecule has 2 heterocycles. The standard InChI is InChI=1S/C19H26Cl2N2O/c1-13(15-4-2-8-22-12-15)10-19(24)23-9-3-5-18(23)14-6-7-16(20)17(21)11-14/h6-7,11,13,15,18,22H,2-5,8-10,12H2,1H3. The Labute approximate surface area is 154 Å². The van der Waals surface area contributed by atoms with Crippen LogP contribution in [0.2, 0.25) is 10.0 Å². The van der Waals surface area contributed by atoms with E-state index in [4.69, 9.17) is 23.2 Å². The van der Waals surface area contributed by atoms with Gasteiger partial charge in [0.2, 0.25) is 5.91 Å². The average molecular weight is 369 g/mol. The molecule has 3 atom stereocenters. The van der Waals surface area contributed by atoms with Gasteiger partial charge in [0.1, 0.15) is 0 Å². The van der Waals surface area contributed by atoms with Crippen molar-refractivity contribution in [1.29, 1.82) is 0 Å². The highest BCUT2D eigenvalue weighted by atomic mass is 35.5. The van der Waals surface area contributed by atoms with E-state index in [2.05, 4.69) is 12.2 Å². The fraction of sp³-hybridized carbons (Fsp3) is 0.632. The molecule has 5 heteroatoms. The van der Waals surface area contributed by atoms with Crippen molar-refractivity contribution in [2.45, 2.75) is 45.1 Å². The first kappa shape index (κ1) is 18.0. The van der Waals surface area contributed by atoms with Gasteiger partial charge in [-0.25, -0.2) is 0 Å². The lowest BCUT2D eigenvalue weighted by atomic mass is 9.85. The Morgan fingerprint density at radius 1 is 1.29 bits per heavy atom. The van der Waals surface area contributed by atoms with E-state index in [0.29, 0.717) is 28.3 Å². The maximum absolute atomic E-state index is 12.9. The lowest BCUT2D eigenvalue weighted by molar-refractivity contribution is -0.133. The minimum atomic E-state index is 0.143. The first-order chi connectivity index (χ1) is 11.6. The number of rotatable bonds is 4. The first-order valence-electron chi connectivity index (χ1n) is 9.01.